The summed E-state index contributed by atoms with van der Waals surface area (Å²) in [6, 6.07) is 7.02. The molecule has 1 saturated carbocycles. The lowest BCUT2D eigenvalue weighted by Gasteiger charge is -2.47. The molecule has 2 amide bonds. The van der Waals surface area contributed by atoms with E-state index in [0.717, 1.165) is 42.8 Å². The summed E-state index contributed by atoms with van der Waals surface area (Å²) in [7, 11) is -2.14. The summed E-state index contributed by atoms with van der Waals surface area (Å²) < 4.78 is 31.8. The number of anilines is 1. The van der Waals surface area contributed by atoms with Gasteiger partial charge in [-0.3, -0.25) is 14.5 Å². The maximum absolute atomic E-state index is 13.6. The van der Waals surface area contributed by atoms with Crippen molar-refractivity contribution < 1.29 is 22.7 Å². The first-order valence-corrected chi connectivity index (χ1v) is 12.6. The average molecular weight is 452 g/mol. The van der Waals surface area contributed by atoms with Gasteiger partial charge in [0.15, 0.2) is 0 Å². The molecule has 1 atom stereocenters. The van der Waals surface area contributed by atoms with Crippen LogP contribution in [-0.4, -0.2) is 62.1 Å². The van der Waals surface area contributed by atoms with E-state index >= 15 is 0 Å². The lowest BCUT2D eigenvalue weighted by atomic mass is 9.93. The van der Waals surface area contributed by atoms with Gasteiger partial charge in [0.2, 0.25) is 21.8 Å². The van der Waals surface area contributed by atoms with Crippen LogP contribution in [-0.2, 0) is 19.6 Å². The van der Waals surface area contributed by atoms with E-state index in [4.69, 9.17) is 4.74 Å². The van der Waals surface area contributed by atoms with Gasteiger partial charge in [0, 0.05) is 12.6 Å². The molecule has 2 aliphatic rings. The maximum Gasteiger partial charge on any atom is 0.247 e. The van der Waals surface area contributed by atoms with Crippen molar-refractivity contribution in [2.24, 2.45) is 0 Å². The number of hydrogen-bond donors (Lipinski definition) is 1. The van der Waals surface area contributed by atoms with Gasteiger partial charge in [-0.15, -0.1) is 0 Å². The molecule has 0 unspecified atom stereocenters. The van der Waals surface area contributed by atoms with E-state index < -0.39 is 21.5 Å². The predicted molar refractivity (Wildman–Crippen MR) is 120 cm³/mol. The lowest BCUT2D eigenvalue weighted by molar-refractivity contribution is -0.133. The van der Waals surface area contributed by atoms with Gasteiger partial charge in [0.25, 0.3) is 0 Å². The van der Waals surface area contributed by atoms with E-state index in [-0.39, 0.29) is 30.8 Å². The van der Waals surface area contributed by atoms with Crippen LogP contribution in [0.5, 0.6) is 5.75 Å². The van der Waals surface area contributed by atoms with Crippen molar-refractivity contribution in [3.05, 3.63) is 24.3 Å². The number of hydrogen-bond acceptors (Lipinski definition) is 5. The maximum atomic E-state index is 13.6. The largest absolute Gasteiger partial charge is 0.495 e. The van der Waals surface area contributed by atoms with E-state index in [0.29, 0.717) is 11.4 Å². The summed E-state index contributed by atoms with van der Waals surface area (Å²) in [5, 5.41) is 3.12. The second-order valence-corrected chi connectivity index (χ2v) is 10.8. The SMILES string of the molecule is CCS(=O)(=O)N1CC(=O)N(c2ccccc2OC)[C@](C)(C(=O)NC2CCCCCC2)C1. The summed E-state index contributed by atoms with van der Waals surface area (Å²) >= 11 is 0. The van der Waals surface area contributed by atoms with Crippen molar-refractivity contribution in [3.63, 3.8) is 0 Å². The molecular weight excluding hydrogens is 418 g/mol. The first-order valence-electron chi connectivity index (χ1n) is 11.0. The van der Waals surface area contributed by atoms with Gasteiger partial charge < -0.3 is 10.1 Å². The normalized spacial score (nSPS) is 24.0. The first-order chi connectivity index (χ1) is 14.7. The molecule has 2 fully saturated rings. The molecule has 0 radical (unpaired) electrons. The number of ether oxygens (including phenoxy) is 1. The second-order valence-electron chi connectivity index (χ2n) is 8.51. The van der Waals surface area contributed by atoms with Crippen LogP contribution in [0.4, 0.5) is 5.69 Å². The van der Waals surface area contributed by atoms with E-state index in [1.165, 1.54) is 18.9 Å². The number of piperazine rings is 1. The number of methoxy groups -OCH3 is 1. The van der Waals surface area contributed by atoms with Crippen LogP contribution in [0.1, 0.15) is 52.4 Å². The quantitative estimate of drug-likeness (QED) is 0.670. The Morgan fingerprint density at radius 3 is 2.45 bits per heavy atom. The third-order valence-electron chi connectivity index (χ3n) is 6.30. The number of carbonyl (C=O) groups is 2. The Labute approximate surface area is 185 Å². The summed E-state index contributed by atoms with van der Waals surface area (Å²) in [5.41, 5.74) is -0.944. The number of amides is 2. The Hall–Kier alpha value is -2.13. The molecule has 0 spiro atoms. The highest BCUT2D eigenvalue weighted by atomic mass is 32.2. The standard InChI is InChI=1S/C22H33N3O5S/c1-4-31(28,29)24-15-20(26)25(18-13-9-10-14-19(18)30-3)22(2,16-24)21(27)23-17-11-7-5-6-8-12-17/h9-10,13-14,17H,4-8,11-12,15-16H2,1-3H3,(H,23,27)/t22-/m0/s1. The Morgan fingerprint density at radius 1 is 1.19 bits per heavy atom. The molecule has 1 saturated heterocycles. The van der Waals surface area contributed by atoms with Crippen LogP contribution in [0.3, 0.4) is 0 Å². The van der Waals surface area contributed by atoms with Crippen molar-refractivity contribution in [2.45, 2.75) is 64.0 Å². The number of nitrogens with one attached hydrogen (secondary N) is 1. The van der Waals surface area contributed by atoms with Crippen molar-refractivity contribution in [3.8, 4) is 5.75 Å². The van der Waals surface area contributed by atoms with E-state index in [2.05, 4.69) is 5.32 Å². The molecule has 0 aromatic heterocycles. The highest BCUT2D eigenvalue weighted by molar-refractivity contribution is 7.89. The Morgan fingerprint density at radius 2 is 1.84 bits per heavy atom. The summed E-state index contributed by atoms with van der Waals surface area (Å²) in [6.07, 6.45) is 6.18. The second kappa shape index (κ2) is 9.56. The van der Waals surface area contributed by atoms with Crippen molar-refractivity contribution >= 4 is 27.5 Å². The molecule has 172 valence electrons. The Balaban J connectivity index is 2.01. The van der Waals surface area contributed by atoms with Crippen LogP contribution < -0.4 is 15.0 Å². The zero-order valence-corrected chi connectivity index (χ0v) is 19.4. The van der Waals surface area contributed by atoms with E-state index in [1.54, 1.807) is 31.2 Å². The minimum absolute atomic E-state index is 0.0274. The minimum atomic E-state index is -3.64. The molecule has 3 rings (SSSR count). The van der Waals surface area contributed by atoms with Gasteiger partial charge in [0.1, 0.15) is 11.3 Å². The average Bonchev–Trinajstić information content (AvgIpc) is 3.02. The van der Waals surface area contributed by atoms with Gasteiger partial charge in [-0.05, 0) is 38.8 Å². The third kappa shape index (κ3) is 4.87. The van der Waals surface area contributed by atoms with Crippen LogP contribution >= 0.6 is 0 Å². The van der Waals surface area contributed by atoms with Gasteiger partial charge in [0.05, 0.1) is 25.1 Å². The highest BCUT2D eigenvalue weighted by Gasteiger charge is 2.51. The number of para-hydroxylation sites is 2. The van der Waals surface area contributed by atoms with Crippen LogP contribution in [0.2, 0.25) is 0 Å². The van der Waals surface area contributed by atoms with Crippen LogP contribution in [0.15, 0.2) is 24.3 Å². The summed E-state index contributed by atoms with van der Waals surface area (Å²) in [4.78, 5) is 28.3. The molecule has 8 nitrogen and oxygen atoms in total. The zero-order chi connectivity index (χ0) is 22.6. The van der Waals surface area contributed by atoms with Gasteiger partial charge in [-0.2, -0.15) is 4.31 Å². The van der Waals surface area contributed by atoms with Crippen LogP contribution in [0.25, 0.3) is 0 Å². The van der Waals surface area contributed by atoms with Gasteiger partial charge in [-0.25, -0.2) is 8.42 Å². The van der Waals surface area contributed by atoms with Crippen molar-refractivity contribution in [2.75, 3.05) is 30.9 Å². The molecule has 1 aliphatic heterocycles. The molecular formula is C22H33N3O5S. The van der Waals surface area contributed by atoms with Gasteiger partial charge in [-0.1, -0.05) is 37.8 Å². The monoisotopic (exact) mass is 451 g/mol. The summed E-state index contributed by atoms with van der Waals surface area (Å²) in [6.45, 7) is 2.77. The fourth-order valence-corrected chi connectivity index (χ4v) is 5.62. The molecule has 1 aromatic carbocycles. The fourth-order valence-electron chi connectivity index (χ4n) is 4.50. The van der Waals surface area contributed by atoms with Crippen molar-refractivity contribution in [1.82, 2.24) is 9.62 Å². The smallest absolute Gasteiger partial charge is 0.247 e. The van der Waals surface area contributed by atoms with Gasteiger partial charge >= 0.3 is 0 Å². The molecule has 1 aromatic rings. The molecule has 1 aliphatic carbocycles. The number of rotatable bonds is 6. The molecule has 1 heterocycles. The first kappa shape index (κ1) is 23.5. The Kier molecular flexibility index (Phi) is 7.26. The minimum Gasteiger partial charge on any atom is -0.495 e. The van der Waals surface area contributed by atoms with Crippen LogP contribution in [0, 0.1) is 0 Å². The van der Waals surface area contributed by atoms with E-state index in [9.17, 15) is 18.0 Å². The lowest BCUT2D eigenvalue weighted by Crippen LogP contribution is -2.71. The number of nitrogens with zero attached hydrogens (tertiary/aromatic N) is 2. The molecule has 31 heavy (non-hydrogen) atoms. The predicted octanol–water partition coefficient (Wildman–Crippen LogP) is 2.29. The number of sulfonamides is 1. The van der Waals surface area contributed by atoms with Crippen molar-refractivity contribution in [1.29, 1.82) is 0 Å². The third-order valence-corrected chi connectivity index (χ3v) is 8.08. The topological polar surface area (TPSA) is 96.0 Å². The highest BCUT2D eigenvalue weighted by Crippen LogP contribution is 2.36. The van der Waals surface area contributed by atoms with E-state index in [1.807, 2.05) is 0 Å². The fraction of sp³-hybridized carbons (Fsp3) is 0.636. The number of carbonyl (C=O) groups excluding carboxylic acids is 2. The molecule has 0 bridgehead atoms. The zero-order valence-electron chi connectivity index (χ0n) is 18.6. The number of benzene rings is 1. The molecule has 1 N–H and O–H groups in total. The molecule has 9 heteroatoms. The Bertz CT molecular complexity index is 911. The summed E-state index contributed by atoms with van der Waals surface area (Å²) in [5.74, 6) is -0.466.